The van der Waals surface area contributed by atoms with Crippen molar-refractivity contribution in [3.8, 4) is 16.9 Å². The third-order valence-corrected chi connectivity index (χ3v) is 6.50. The minimum atomic E-state index is -0.983. The van der Waals surface area contributed by atoms with E-state index in [1.807, 2.05) is 0 Å². The van der Waals surface area contributed by atoms with E-state index in [1.165, 1.54) is 25.3 Å². The molecule has 0 aliphatic heterocycles. The van der Waals surface area contributed by atoms with Crippen molar-refractivity contribution < 1.29 is 32.1 Å². The van der Waals surface area contributed by atoms with E-state index in [9.17, 15) is 17.6 Å². The van der Waals surface area contributed by atoms with Crippen LogP contribution in [-0.4, -0.2) is 18.3 Å². The number of aliphatic hydroxyl groups excluding tert-OH is 1. The van der Waals surface area contributed by atoms with Crippen molar-refractivity contribution >= 4 is 0 Å². The number of rotatable bonds is 7. The standard InChI is InChI=1S/C27H26F4O3/c1-33-23-13-12-22(26(30)27(23)31)18-6-9-20(10-7-18)34-15-19-8-11-21(25(29)24(19)28)17-4-2-16(14-32)3-5-17/h2-5,8,11-13,18,20,32H,6-7,9-10,14-15H2,1H3. The minimum absolute atomic E-state index is 0.0760. The van der Waals surface area contributed by atoms with Crippen LogP contribution in [0.3, 0.4) is 0 Å². The molecule has 0 amide bonds. The molecule has 3 aromatic rings. The summed E-state index contributed by atoms with van der Waals surface area (Å²) >= 11 is 0. The Hall–Kier alpha value is -2.90. The van der Waals surface area contributed by atoms with Gasteiger partial charge in [-0.05, 0) is 54.4 Å². The zero-order valence-corrected chi connectivity index (χ0v) is 18.8. The van der Waals surface area contributed by atoms with E-state index < -0.39 is 23.3 Å². The van der Waals surface area contributed by atoms with Crippen molar-refractivity contribution in [3.05, 3.63) is 88.5 Å². The maximum Gasteiger partial charge on any atom is 0.200 e. The summed E-state index contributed by atoms with van der Waals surface area (Å²) in [5, 5.41) is 9.13. The zero-order chi connectivity index (χ0) is 24.2. The van der Waals surface area contributed by atoms with E-state index in [0.29, 0.717) is 42.4 Å². The summed E-state index contributed by atoms with van der Waals surface area (Å²) in [6, 6.07) is 12.6. The summed E-state index contributed by atoms with van der Waals surface area (Å²) < 4.78 is 68.5. The molecule has 0 radical (unpaired) electrons. The van der Waals surface area contributed by atoms with Crippen LogP contribution in [0.1, 0.15) is 48.3 Å². The Labute approximate surface area is 196 Å². The highest BCUT2D eigenvalue weighted by atomic mass is 19.2. The lowest BCUT2D eigenvalue weighted by Crippen LogP contribution is -2.21. The molecule has 3 nitrogen and oxygen atoms in total. The highest BCUT2D eigenvalue weighted by Gasteiger charge is 2.27. The van der Waals surface area contributed by atoms with E-state index in [-0.39, 0.29) is 42.1 Å². The molecule has 0 unspecified atom stereocenters. The Bertz CT molecular complexity index is 1140. The quantitative estimate of drug-likeness (QED) is 0.390. The molecule has 7 heteroatoms. The molecule has 1 fully saturated rings. The van der Waals surface area contributed by atoms with Crippen molar-refractivity contribution in [2.45, 2.75) is 50.9 Å². The number of benzene rings is 3. The second-order valence-electron chi connectivity index (χ2n) is 8.52. The monoisotopic (exact) mass is 474 g/mol. The molecule has 1 aliphatic carbocycles. The van der Waals surface area contributed by atoms with Gasteiger partial charge in [-0.25, -0.2) is 13.2 Å². The fourth-order valence-electron chi connectivity index (χ4n) is 4.48. The Morgan fingerprint density at radius 1 is 0.794 bits per heavy atom. The molecule has 0 spiro atoms. The molecule has 0 aromatic heterocycles. The number of ether oxygens (including phenoxy) is 2. The van der Waals surface area contributed by atoms with Crippen molar-refractivity contribution in [1.29, 1.82) is 0 Å². The van der Waals surface area contributed by atoms with Crippen molar-refractivity contribution in [2.75, 3.05) is 7.11 Å². The molecule has 0 bridgehead atoms. The van der Waals surface area contributed by atoms with Gasteiger partial charge in [-0.3, -0.25) is 0 Å². The van der Waals surface area contributed by atoms with E-state index in [2.05, 4.69) is 0 Å². The summed E-state index contributed by atoms with van der Waals surface area (Å²) in [6.07, 6.45) is 2.25. The SMILES string of the molecule is COc1ccc(C2CCC(OCc3ccc(-c4ccc(CO)cc4)c(F)c3F)CC2)c(F)c1F. The van der Waals surface area contributed by atoms with Gasteiger partial charge in [0.15, 0.2) is 23.2 Å². The van der Waals surface area contributed by atoms with Crippen molar-refractivity contribution in [1.82, 2.24) is 0 Å². The van der Waals surface area contributed by atoms with Crippen molar-refractivity contribution in [2.24, 2.45) is 0 Å². The third kappa shape index (κ3) is 4.95. The Morgan fingerprint density at radius 3 is 2.15 bits per heavy atom. The molecule has 4 rings (SSSR count). The van der Waals surface area contributed by atoms with Gasteiger partial charge in [0, 0.05) is 11.1 Å². The van der Waals surface area contributed by atoms with Crippen LogP contribution in [0.5, 0.6) is 5.75 Å². The zero-order valence-electron chi connectivity index (χ0n) is 18.8. The Kier molecular flexibility index (Phi) is 7.54. The lowest BCUT2D eigenvalue weighted by atomic mass is 9.82. The van der Waals surface area contributed by atoms with Crippen LogP contribution in [0.2, 0.25) is 0 Å². The summed E-state index contributed by atoms with van der Waals surface area (Å²) in [5.74, 6) is -4.02. The summed E-state index contributed by atoms with van der Waals surface area (Å²) in [7, 11) is 1.29. The van der Waals surface area contributed by atoms with E-state index in [4.69, 9.17) is 14.6 Å². The second kappa shape index (κ2) is 10.6. The molecule has 1 saturated carbocycles. The van der Waals surface area contributed by atoms with Crippen LogP contribution >= 0.6 is 0 Å². The maximum atomic E-state index is 14.7. The fraction of sp³-hybridized carbons (Fsp3) is 0.333. The molecule has 1 aliphatic rings. The largest absolute Gasteiger partial charge is 0.494 e. The molecule has 0 heterocycles. The first kappa shape index (κ1) is 24.2. The van der Waals surface area contributed by atoms with Gasteiger partial charge in [0.2, 0.25) is 5.82 Å². The first-order valence-electron chi connectivity index (χ1n) is 11.2. The third-order valence-electron chi connectivity index (χ3n) is 6.50. The highest BCUT2D eigenvalue weighted by molar-refractivity contribution is 5.65. The average molecular weight is 474 g/mol. The van der Waals surface area contributed by atoms with Gasteiger partial charge in [-0.1, -0.05) is 42.5 Å². The summed E-state index contributed by atoms with van der Waals surface area (Å²) in [6.45, 7) is -0.200. The highest BCUT2D eigenvalue weighted by Crippen LogP contribution is 2.38. The number of halogens is 4. The normalized spacial score (nSPS) is 18.2. The first-order valence-corrected chi connectivity index (χ1v) is 11.2. The van der Waals surface area contributed by atoms with Crippen LogP contribution in [-0.2, 0) is 18.0 Å². The number of aliphatic hydroxyl groups is 1. The molecule has 0 atom stereocenters. The van der Waals surface area contributed by atoms with Gasteiger partial charge in [0.1, 0.15) is 0 Å². The minimum Gasteiger partial charge on any atom is -0.494 e. The van der Waals surface area contributed by atoms with Crippen LogP contribution in [0.15, 0.2) is 48.5 Å². The lowest BCUT2D eigenvalue weighted by Gasteiger charge is -2.29. The number of hydrogen-bond donors (Lipinski definition) is 1. The number of methoxy groups -OCH3 is 1. The van der Waals surface area contributed by atoms with Crippen LogP contribution in [0.25, 0.3) is 11.1 Å². The topological polar surface area (TPSA) is 38.7 Å². The Morgan fingerprint density at radius 2 is 1.50 bits per heavy atom. The molecule has 1 N–H and O–H groups in total. The predicted octanol–water partition coefficient (Wildman–Crippen LogP) is 6.65. The van der Waals surface area contributed by atoms with Crippen LogP contribution in [0.4, 0.5) is 17.6 Å². The van der Waals surface area contributed by atoms with Crippen LogP contribution in [0, 0.1) is 23.3 Å². The second-order valence-corrected chi connectivity index (χ2v) is 8.52. The molecular weight excluding hydrogens is 448 g/mol. The molecule has 0 saturated heterocycles. The van der Waals surface area contributed by atoms with E-state index in [0.717, 1.165) is 0 Å². The molecule has 34 heavy (non-hydrogen) atoms. The van der Waals surface area contributed by atoms with E-state index in [1.54, 1.807) is 30.3 Å². The maximum absolute atomic E-state index is 14.7. The molecular formula is C27H26F4O3. The lowest BCUT2D eigenvalue weighted by molar-refractivity contribution is 0.0116. The number of hydrogen-bond acceptors (Lipinski definition) is 3. The van der Waals surface area contributed by atoms with Gasteiger partial charge >= 0.3 is 0 Å². The van der Waals surface area contributed by atoms with Gasteiger partial charge in [-0.15, -0.1) is 0 Å². The molecule has 3 aromatic carbocycles. The molecule has 180 valence electrons. The Balaban J connectivity index is 1.36. The first-order chi connectivity index (χ1) is 16.4. The van der Waals surface area contributed by atoms with Crippen LogP contribution < -0.4 is 4.74 Å². The summed E-state index contributed by atoms with van der Waals surface area (Å²) in [5.41, 5.74) is 1.79. The van der Waals surface area contributed by atoms with Gasteiger partial charge in [-0.2, -0.15) is 4.39 Å². The average Bonchev–Trinajstić information content (AvgIpc) is 2.87. The van der Waals surface area contributed by atoms with E-state index >= 15 is 0 Å². The van der Waals surface area contributed by atoms with Gasteiger partial charge in [0.25, 0.3) is 0 Å². The fourth-order valence-corrected chi connectivity index (χ4v) is 4.48. The van der Waals surface area contributed by atoms with Gasteiger partial charge in [0.05, 0.1) is 26.4 Å². The predicted molar refractivity (Wildman–Crippen MR) is 120 cm³/mol. The smallest absolute Gasteiger partial charge is 0.200 e. The summed E-state index contributed by atoms with van der Waals surface area (Å²) in [4.78, 5) is 0. The van der Waals surface area contributed by atoms with Gasteiger partial charge < -0.3 is 14.6 Å². The van der Waals surface area contributed by atoms with Crippen molar-refractivity contribution in [3.63, 3.8) is 0 Å².